The largest absolute Gasteiger partial charge is 0.316 e. The van der Waals surface area contributed by atoms with Crippen molar-refractivity contribution in [2.45, 2.75) is 33.1 Å². The summed E-state index contributed by atoms with van der Waals surface area (Å²) in [5, 5.41) is 3.43. The monoisotopic (exact) mass is 278 g/mol. The average Bonchev–Trinajstić information content (AvgIpc) is 2.23. The third kappa shape index (κ3) is 13.9. The van der Waals surface area contributed by atoms with Gasteiger partial charge in [0.2, 0.25) is 0 Å². The molecule has 0 aliphatic heterocycles. The maximum Gasteiger partial charge on any atom is 0.148 e. The molecule has 0 aromatic heterocycles. The minimum atomic E-state index is -2.82. The van der Waals surface area contributed by atoms with E-state index in [2.05, 4.69) is 24.1 Å². The van der Waals surface area contributed by atoms with Gasteiger partial charge in [-0.2, -0.15) is 0 Å². The molecule has 0 aromatic carbocycles. The predicted molar refractivity (Wildman–Crippen MR) is 78.8 cm³/mol. The SMILES string of the molecule is CC(C)CNCCCCCN(C)CCS(C)(=O)=O. The molecule has 0 bridgehead atoms. The van der Waals surface area contributed by atoms with Crippen LogP contribution in [0.1, 0.15) is 33.1 Å². The summed E-state index contributed by atoms with van der Waals surface area (Å²) < 4.78 is 22.0. The second-order valence-electron chi connectivity index (χ2n) is 5.59. The Bertz CT molecular complexity index is 289. The van der Waals surface area contributed by atoms with Crippen LogP contribution in [0.15, 0.2) is 0 Å². The Hall–Kier alpha value is -0.130. The van der Waals surface area contributed by atoms with Crippen LogP contribution in [0.5, 0.6) is 0 Å². The molecule has 110 valence electrons. The van der Waals surface area contributed by atoms with Crippen molar-refractivity contribution < 1.29 is 8.42 Å². The number of hydrogen-bond acceptors (Lipinski definition) is 4. The van der Waals surface area contributed by atoms with E-state index in [4.69, 9.17) is 0 Å². The molecule has 0 rings (SSSR count). The quantitative estimate of drug-likeness (QED) is 0.580. The van der Waals surface area contributed by atoms with Crippen molar-refractivity contribution in [2.24, 2.45) is 5.92 Å². The van der Waals surface area contributed by atoms with Crippen LogP contribution in [-0.2, 0) is 9.84 Å². The Morgan fingerprint density at radius 2 is 1.78 bits per heavy atom. The second-order valence-corrected chi connectivity index (χ2v) is 7.85. The summed E-state index contributed by atoms with van der Waals surface area (Å²) in [6, 6.07) is 0. The standard InChI is InChI=1S/C13H30N2O2S/c1-13(2)12-14-8-6-5-7-9-15(3)10-11-18(4,16)17/h13-14H,5-12H2,1-4H3. The Morgan fingerprint density at radius 3 is 2.33 bits per heavy atom. The third-order valence-electron chi connectivity index (χ3n) is 2.79. The molecule has 0 aliphatic rings. The van der Waals surface area contributed by atoms with Crippen LogP contribution in [0.4, 0.5) is 0 Å². The molecule has 0 heterocycles. The fourth-order valence-electron chi connectivity index (χ4n) is 1.63. The third-order valence-corrected chi connectivity index (χ3v) is 3.71. The summed E-state index contributed by atoms with van der Waals surface area (Å²) >= 11 is 0. The van der Waals surface area contributed by atoms with Gasteiger partial charge in [0.25, 0.3) is 0 Å². The minimum absolute atomic E-state index is 0.263. The van der Waals surface area contributed by atoms with E-state index >= 15 is 0 Å². The lowest BCUT2D eigenvalue weighted by Gasteiger charge is -2.15. The van der Waals surface area contributed by atoms with Crippen LogP contribution in [0.3, 0.4) is 0 Å². The molecule has 0 saturated carbocycles. The fraction of sp³-hybridized carbons (Fsp3) is 1.00. The van der Waals surface area contributed by atoms with Crippen LogP contribution < -0.4 is 5.32 Å². The molecular formula is C13H30N2O2S. The van der Waals surface area contributed by atoms with Crippen molar-refractivity contribution in [3.8, 4) is 0 Å². The summed E-state index contributed by atoms with van der Waals surface area (Å²) in [6.07, 6.45) is 4.84. The Labute approximate surface area is 113 Å². The minimum Gasteiger partial charge on any atom is -0.316 e. The molecule has 0 unspecified atom stereocenters. The van der Waals surface area contributed by atoms with Gasteiger partial charge in [-0.05, 0) is 45.4 Å². The van der Waals surface area contributed by atoms with Gasteiger partial charge in [-0.1, -0.05) is 20.3 Å². The highest BCUT2D eigenvalue weighted by Gasteiger charge is 2.04. The van der Waals surface area contributed by atoms with E-state index in [1.807, 2.05) is 7.05 Å². The van der Waals surface area contributed by atoms with E-state index in [0.29, 0.717) is 12.5 Å². The van der Waals surface area contributed by atoms with Gasteiger partial charge in [-0.3, -0.25) is 0 Å². The predicted octanol–water partition coefficient (Wildman–Crippen LogP) is 1.38. The summed E-state index contributed by atoms with van der Waals surface area (Å²) in [4.78, 5) is 2.10. The zero-order valence-corrected chi connectivity index (χ0v) is 13.2. The lowest BCUT2D eigenvalue weighted by molar-refractivity contribution is 0.341. The number of rotatable bonds is 11. The van der Waals surface area contributed by atoms with Crippen molar-refractivity contribution in [1.29, 1.82) is 0 Å². The number of nitrogens with one attached hydrogen (secondary N) is 1. The van der Waals surface area contributed by atoms with Crippen molar-refractivity contribution in [1.82, 2.24) is 10.2 Å². The molecule has 5 heteroatoms. The smallest absolute Gasteiger partial charge is 0.148 e. The molecule has 0 aromatic rings. The Balaban J connectivity index is 3.33. The molecule has 0 saturated heterocycles. The van der Waals surface area contributed by atoms with Crippen molar-refractivity contribution in [2.75, 3.05) is 45.2 Å². The Morgan fingerprint density at radius 1 is 1.11 bits per heavy atom. The molecule has 4 nitrogen and oxygen atoms in total. The second kappa shape index (κ2) is 9.75. The van der Waals surface area contributed by atoms with E-state index < -0.39 is 9.84 Å². The molecule has 1 N–H and O–H groups in total. The molecule has 0 aliphatic carbocycles. The first kappa shape index (κ1) is 17.9. The molecule has 0 radical (unpaired) electrons. The normalized spacial score (nSPS) is 12.6. The lowest BCUT2D eigenvalue weighted by Crippen LogP contribution is -2.26. The first-order valence-electron chi connectivity index (χ1n) is 6.88. The topological polar surface area (TPSA) is 49.4 Å². The van der Waals surface area contributed by atoms with Gasteiger partial charge in [0, 0.05) is 12.8 Å². The van der Waals surface area contributed by atoms with Gasteiger partial charge in [-0.15, -0.1) is 0 Å². The molecule has 0 spiro atoms. The van der Waals surface area contributed by atoms with Crippen molar-refractivity contribution in [3.63, 3.8) is 0 Å². The van der Waals surface area contributed by atoms with Crippen LogP contribution in [0, 0.1) is 5.92 Å². The number of unbranched alkanes of at least 4 members (excludes halogenated alkanes) is 2. The van der Waals surface area contributed by atoms with Gasteiger partial charge in [0.1, 0.15) is 9.84 Å². The highest BCUT2D eigenvalue weighted by molar-refractivity contribution is 7.90. The van der Waals surface area contributed by atoms with Crippen LogP contribution in [0.2, 0.25) is 0 Å². The van der Waals surface area contributed by atoms with Crippen LogP contribution >= 0.6 is 0 Å². The van der Waals surface area contributed by atoms with Crippen LogP contribution in [-0.4, -0.2) is 58.6 Å². The van der Waals surface area contributed by atoms with E-state index in [9.17, 15) is 8.42 Å². The molecule has 18 heavy (non-hydrogen) atoms. The summed E-state index contributed by atoms with van der Waals surface area (Å²) in [5.41, 5.74) is 0. The maximum atomic E-state index is 11.0. The van der Waals surface area contributed by atoms with E-state index in [-0.39, 0.29) is 5.75 Å². The van der Waals surface area contributed by atoms with Gasteiger partial charge < -0.3 is 10.2 Å². The van der Waals surface area contributed by atoms with E-state index in [1.54, 1.807) is 0 Å². The average molecular weight is 278 g/mol. The molecule has 0 atom stereocenters. The van der Waals surface area contributed by atoms with E-state index in [1.165, 1.54) is 19.1 Å². The first-order chi connectivity index (χ1) is 8.31. The first-order valence-corrected chi connectivity index (χ1v) is 8.94. The summed E-state index contributed by atoms with van der Waals surface area (Å²) in [5.74, 6) is 0.978. The van der Waals surface area contributed by atoms with Gasteiger partial charge in [0.15, 0.2) is 0 Å². The maximum absolute atomic E-state index is 11.0. The lowest BCUT2D eigenvalue weighted by atomic mass is 10.2. The fourth-order valence-corrected chi connectivity index (χ4v) is 2.28. The molecule has 0 fully saturated rings. The van der Waals surface area contributed by atoms with Crippen molar-refractivity contribution >= 4 is 9.84 Å². The number of hydrogen-bond donors (Lipinski definition) is 1. The number of sulfone groups is 1. The highest BCUT2D eigenvalue weighted by Crippen LogP contribution is 1.98. The van der Waals surface area contributed by atoms with Gasteiger partial charge in [0.05, 0.1) is 5.75 Å². The molecular weight excluding hydrogens is 248 g/mol. The van der Waals surface area contributed by atoms with E-state index in [0.717, 1.165) is 26.1 Å². The van der Waals surface area contributed by atoms with Crippen molar-refractivity contribution in [3.05, 3.63) is 0 Å². The van der Waals surface area contributed by atoms with Gasteiger partial charge >= 0.3 is 0 Å². The number of nitrogens with zero attached hydrogens (tertiary/aromatic N) is 1. The Kier molecular flexibility index (Phi) is 9.68. The zero-order chi connectivity index (χ0) is 14.0. The molecule has 0 amide bonds. The highest BCUT2D eigenvalue weighted by atomic mass is 32.2. The van der Waals surface area contributed by atoms with Crippen LogP contribution in [0.25, 0.3) is 0 Å². The zero-order valence-electron chi connectivity index (χ0n) is 12.4. The summed E-state index contributed by atoms with van der Waals surface area (Å²) in [6.45, 7) is 8.23. The summed E-state index contributed by atoms with van der Waals surface area (Å²) in [7, 11) is -0.833. The van der Waals surface area contributed by atoms with Gasteiger partial charge in [-0.25, -0.2) is 8.42 Å².